The van der Waals surface area contributed by atoms with Gasteiger partial charge in [-0.2, -0.15) is 0 Å². The van der Waals surface area contributed by atoms with Gasteiger partial charge in [0.25, 0.3) is 0 Å². The molecular formula is C17H21BrN2O. The van der Waals surface area contributed by atoms with E-state index in [0.717, 1.165) is 28.7 Å². The second kappa shape index (κ2) is 5.11. The van der Waals surface area contributed by atoms with Crippen LogP contribution in [0.2, 0.25) is 0 Å². The first-order valence-electron chi connectivity index (χ1n) is 7.84. The van der Waals surface area contributed by atoms with E-state index in [1.54, 1.807) is 0 Å². The Morgan fingerprint density at radius 3 is 2.67 bits per heavy atom. The SMILES string of the molecule is CC(c1cc2cc(Br)ccc2o1)N1C2CCC1CC(N)C2. The fraction of sp³-hybridized carbons (Fsp3) is 0.529. The van der Waals surface area contributed by atoms with Crippen molar-refractivity contribution in [2.75, 3.05) is 0 Å². The Balaban J connectivity index is 1.65. The van der Waals surface area contributed by atoms with Gasteiger partial charge in [-0.25, -0.2) is 0 Å². The van der Waals surface area contributed by atoms with Crippen LogP contribution in [0.1, 0.15) is 44.4 Å². The van der Waals surface area contributed by atoms with E-state index in [-0.39, 0.29) is 0 Å². The van der Waals surface area contributed by atoms with Gasteiger partial charge < -0.3 is 10.2 Å². The maximum absolute atomic E-state index is 6.18. The van der Waals surface area contributed by atoms with Gasteiger partial charge in [-0.3, -0.25) is 4.90 Å². The summed E-state index contributed by atoms with van der Waals surface area (Å²) < 4.78 is 7.19. The van der Waals surface area contributed by atoms with Gasteiger partial charge in [-0.1, -0.05) is 15.9 Å². The van der Waals surface area contributed by atoms with Crippen LogP contribution < -0.4 is 5.73 Å². The fourth-order valence-corrected chi connectivity index (χ4v) is 4.65. The highest BCUT2D eigenvalue weighted by Crippen LogP contribution is 2.42. The van der Waals surface area contributed by atoms with E-state index in [1.165, 1.54) is 18.2 Å². The summed E-state index contributed by atoms with van der Waals surface area (Å²) in [6, 6.07) is 10.4. The Kier molecular flexibility index (Phi) is 3.36. The zero-order valence-corrected chi connectivity index (χ0v) is 13.8. The number of furan rings is 1. The maximum atomic E-state index is 6.18. The number of piperidine rings is 1. The number of hydrogen-bond donors (Lipinski definition) is 1. The highest BCUT2D eigenvalue weighted by molar-refractivity contribution is 9.10. The molecule has 0 spiro atoms. The van der Waals surface area contributed by atoms with Gasteiger partial charge in [0, 0.05) is 28.0 Å². The molecule has 2 saturated heterocycles. The molecule has 21 heavy (non-hydrogen) atoms. The van der Waals surface area contributed by atoms with Gasteiger partial charge in [0.05, 0.1) is 6.04 Å². The molecule has 2 bridgehead atoms. The number of nitrogens with zero attached hydrogens (tertiary/aromatic N) is 1. The zero-order chi connectivity index (χ0) is 14.6. The molecule has 2 fully saturated rings. The van der Waals surface area contributed by atoms with Crippen molar-refractivity contribution >= 4 is 26.9 Å². The molecule has 4 heteroatoms. The average molecular weight is 349 g/mol. The standard InChI is InChI=1S/C17H21BrN2O/c1-10(20-14-3-4-15(20)9-13(19)8-14)17-7-11-6-12(18)2-5-16(11)21-17/h2,5-7,10,13-15H,3-4,8-9,19H2,1H3. The molecule has 0 aliphatic carbocycles. The lowest BCUT2D eigenvalue weighted by Gasteiger charge is -2.40. The van der Waals surface area contributed by atoms with Crippen LogP contribution in [-0.2, 0) is 0 Å². The van der Waals surface area contributed by atoms with Crippen LogP contribution in [0, 0.1) is 0 Å². The van der Waals surface area contributed by atoms with Crippen molar-refractivity contribution in [2.24, 2.45) is 5.73 Å². The number of halogens is 1. The minimum atomic E-state index is 0.334. The molecule has 2 N–H and O–H groups in total. The molecule has 3 unspecified atom stereocenters. The highest BCUT2D eigenvalue weighted by Gasteiger charge is 2.42. The molecule has 4 rings (SSSR count). The number of nitrogens with two attached hydrogens (primary N) is 1. The smallest absolute Gasteiger partial charge is 0.134 e. The molecule has 1 aromatic heterocycles. The van der Waals surface area contributed by atoms with Gasteiger partial charge >= 0.3 is 0 Å². The molecule has 0 saturated carbocycles. The van der Waals surface area contributed by atoms with Gasteiger partial charge in [0.2, 0.25) is 0 Å². The van der Waals surface area contributed by atoms with Gasteiger partial charge in [-0.05, 0) is 56.9 Å². The van der Waals surface area contributed by atoms with E-state index in [2.05, 4.69) is 39.9 Å². The summed E-state index contributed by atoms with van der Waals surface area (Å²) >= 11 is 3.53. The number of rotatable bonds is 2. The van der Waals surface area contributed by atoms with Crippen molar-refractivity contribution in [3.05, 3.63) is 34.5 Å². The van der Waals surface area contributed by atoms with Crippen molar-refractivity contribution in [1.82, 2.24) is 4.90 Å². The zero-order valence-electron chi connectivity index (χ0n) is 12.3. The maximum Gasteiger partial charge on any atom is 0.134 e. The Morgan fingerprint density at radius 1 is 1.24 bits per heavy atom. The lowest BCUT2D eigenvalue weighted by atomic mass is 9.96. The summed E-state index contributed by atoms with van der Waals surface area (Å²) in [6.07, 6.45) is 4.84. The summed E-state index contributed by atoms with van der Waals surface area (Å²) in [5.74, 6) is 1.08. The van der Waals surface area contributed by atoms with E-state index < -0.39 is 0 Å². The molecule has 3 atom stereocenters. The Bertz CT molecular complexity index is 654. The predicted octanol–water partition coefficient (Wildman–Crippen LogP) is 4.21. The van der Waals surface area contributed by atoms with Crippen LogP contribution in [0.4, 0.5) is 0 Å². The van der Waals surface area contributed by atoms with E-state index in [9.17, 15) is 0 Å². The summed E-state index contributed by atoms with van der Waals surface area (Å²) in [6.45, 7) is 2.27. The lowest BCUT2D eigenvalue weighted by molar-refractivity contribution is 0.0756. The minimum Gasteiger partial charge on any atom is -0.459 e. The first kappa shape index (κ1) is 13.8. The number of fused-ring (bicyclic) bond motifs is 3. The van der Waals surface area contributed by atoms with Crippen LogP contribution in [0.25, 0.3) is 11.0 Å². The normalized spacial score (nSPS) is 30.9. The van der Waals surface area contributed by atoms with Gasteiger partial charge in [-0.15, -0.1) is 0 Å². The third-order valence-corrected chi connectivity index (χ3v) is 5.68. The Morgan fingerprint density at radius 2 is 1.95 bits per heavy atom. The van der Waals surface area contributed by atoms with E-state index in [0.29, 0.717) is 24.2 Å². The first-order valence-corrected chi connectivity index (χ1v) is 8.63. The molecule has 2 aromatic rings. The van der Waals surface area contributed by atoms with E-state index in [4.69, 9.17) is 10.2 Å². The van der Waals surface area contributed by atoms with Crippen molar-refractivity contribution < 1.29 is 4.42 Å². The van der Waals surface area contributed by atoms with Crippen LogP contribution in [0.3, 0.4) is 0 Å². The quantitative estimate of drug-likeness (QED) is 0.883. The van der Waals surface area contributed by atoms with Crippen LogP contribution in [-0.4, -0.2) is 23.0 Å². The van der Waals surface area contributed by atoms with Crippen LogP contribution in [0.5, 0.6) is 0 Å². The first-order chi connectivity index (χ1) is 10.1. The second-order valence-corrected chi connectivity index (χ2v) is 7.49. The van der Waals surface area contributed by atoms with Gasteiger partial charge in [0.1, 0.15) is 11.3 Å². The van der Waals surface area contributed by atoms with Crippen molar-refractivity contribution in [3.63, 3.8) is 0 Å². The Labute approximate surface area is 133 Å². The van der Waals surface area contributed by atoms with Crippen molar-refractivity contribution in [2.45, 2.75) is 56.8 Å². The van der Waals surface area contributed by atoms with Crippen LogP contribution in [0.15, 0.2) is 33.2 Å². The third-order valence-electron chi connectivity index (χ3n) is 5.18. The molecule has 1 aromatic carbocycles. The molecule has 0 radical (unpaired) electrons. The minimum absolute atomic E-state index is 0.334. The second-order valence-electron chi connectivity index (χ2n) is 6.57. The molecular weight excluding hydrogens is 328 g/mol. The highest BCUT2D eigenvalue weighted by atomic mass is 79.9. The molecule has 0 amide bonds. The van der Waals surface area contributed by atoms with Crippen molar-refractivity contribution in [3.8, 4) is 0 Å². The monoisotopic (exact) mass is 348 g/mol. The van der Waals surface area contributed by atoms with Gasteiger partial charge in [0.15, 0.2) is 0 Å². The largest absolute Gasteiger partial charge is 0.459 e. The fourth-order valence-electron chi connectivity index (χ4n) is 4.28. The van der Waals surface area contributed by atoms with E-state index in [1.807, 2.05) is 12.1 Å². The molecule has 3 heterocycles. The third kappa shape index (κ3) is 2.33. The average Bonchev–Trinajstić information content (AvgIpc) is 2.97. The summed E-state index contributed by atoms with van der Waals surface area (Å²) in [7, 11) is 0. The number of hydrogen-bond acceptors (Lipinski definition) is 3. The molecule has 112 valence electrons. The molecule has 3 nitrogen and oxygen atoms in total. The molecule has 2 aliphatic heterocycles. The number of benzene rings is 1. The molecule has 2 aliphatic rings. The summed E-state index contributed by atoms with van der Waals surface area (Å²) in [4.78, 5) is 2.65. The summed E-state index contributed by atoms with van der Waals surface area (Å²) in [5, 5.41) is 1.17. The summed E-state index contributed by atoms with van der Waals surface area (Å²) in [5.41, 5.74) is 7.15. The van der Waals surface area contributed by atoms with Crippen LogP contribution >= 0.6 is 15.9 Å². The van der Waals surface area contributed by atoms with E-state index >= 15 is 0 Å². The Hall–Kier alpha value is -0.840. The lowest BCUT2D eigenvalue weighted by Crippen LogP contribution is -2.48. The van der Waals surface area contributed by atoms with Crippen molar-refractivity contribution in [1.29, 1.82) is 0 Å². The predicted molar refractivity (Wildman–Crippen MR) is 88.2 cm³/mol. The topological polar surface area (TPSA) is 42.4 Å².